The highest BCUT2D eigenvalue weighted by atomic mass is 16.5. The first kappa shape index (κ1) is 10.1. The van der Waals surface area contributed by atoms with E-state index in [2.05, 4.69) is 13.8 Å². The van der Waals surface area contributed by atoms with Gasteiger partial charge in [0, 0.05) is 6.04 Å². The molecule has 0 fully saturated rings. The van der Waals surface area contributed by atoms with Gasteiger partial charge in [-0.25, -0.2) is 0 Å². The van der Waals surface area contributed by atoms with Gasteiger partial charge < -0.3 is 10.5 Å². The third-order valence-corrected chi connectivity index (χ3v) is 2.26. The van der Waals surface area contributed by atoms with E-state index in [9.17, 15) is 0 Å². The van der Waals surface area contributed by atoms with Gasteiger partial charge in [0.1, 0.15) is 5.75 Å². The van der Waals surface area contributed by atoms with E-state index in [1.54, 1.807) is 7.11 Å². The first-order chi connectivity index (χ1) is 6.06. The SMILES string of the molecule is COc1cc(C)c(C(C)N)c(C)c1. The van der Waals surface area contributed by atoms with Crippen molar-refractivity contribution in [3.8, 4) is 5.75 Å². The summed E-state index contributed by atoms with van der Waals surface area (Å²) in [7, 11) is 1.68. The standard InChI is InChI=1S/C11H17NO/c1-7-5-10(13-4)6-8(2)11(7)9(3)12/h5-6,9H,12H2,1-4H3. The van der Waals surface area contributed by atoms with Crippen LogP contribution >= 0.6 is 0 Å². The van der Waals surface area contributed by atoms with Crippen LogP contribution < -0.4 is 10.5 Å². The molecule has 0 aliphatic carbocycles. The topological polar surface area (TPSA) is 35.2 Å². The number of ether oxygens (including phenoxy) is 1. The van der Waals surface area contributed by atoms with Crippen molar-refractivity contribution in [2.45, 2.75) is 26.8 Å². The fourth-order valence-electron chi connectivity index (χ4n) is 1.77. The molecule has 0 saturated heterocycles. The Morgan fingerprint density at radius 1 is 1.23 bits per heavy atom. The van der Waals surface area contributed by atoms with Gasteiger partial charge >= 0.3 is 0 Å². The van der Waals surface area contributed by atoms with Crippen LogP contribution in [0.4, 0.5) is 0 Å². The zero-order chi connectivity index (χ0) is 10.0. The van der Waals surface area contributed by atoms with Crippen molar-refractivity contribution in [2.24, 2.45) is 5.73 Å². The lowest BCUT2D eigenvalue weighted by molar-refractivity contribution is 0.414. The minimum Gasteiger partial charge on any atom is -0.497 e. The van der Waals surface area contributed by atoms with Gasteiger partial charge in [0.25, 0.3) is 0 Å². The maximum absolute atomic E-state index is 5.87. The van der Waals surface area contributed by atoms with E-state index in [0.29, 0.717) is 0 Å². The highest BCUT2D eigenvalue weighted by Crippen LogP contribution is 2.25. The van der Waals surface area contributed by atoms with E-state index in [1.165, 1.54) is 16.7 Å². The predicted octanol–water partition coefficient (Wildman–Crippen LogP) is 2.33. The first-order valence-corrected chi connectivity index (χ1v) is 4.47. The molecule has 2 nitrogen and oxygen atoms in total. The quantitative estimate of drug-likeness (QED) is 0.756. The molecule has 1 aromatic rings. The summed E-state index contributed by atoms with van der Waals surface area (Å²) in [4.78, 5) is 0. The van der Waals surface area contributed by atoms with Gasteiger partial charge in [-0.2, -0.15) is 0 Å². The van der Waals surface area contributed by atoms with Crippen molar-refractivity contribution in [2.75, 3.05) is 7.11 Å². The van der Waals surface area contributed by atoms with Crippen LogP contribution in [0.25, 0.3) is 0 Å². The van der Waals surface area contributed by atoms with Crippen molar-refractivity contribution in [3.63, 3.8) is 0 Å². The maximum Gasteiger partial charge on any atom is 0.119 e. The molecule has 1 rings (SSSR count). The first-order valence-electron chi connectivity index (χ1n) is 4.47. The molecule has 0 heterocycles. The molecular formula is C11H17NO. The second kappa shape index (κ2) is 3.79. The van der Waals surface area contributed by atoms with Gasteiger partial charge in [0.15, 0.2) is 0 Å². The smallest absolute Gasteiger partial charge is 0.119 e. The predicted molar refractivity (Wildman–Crippen MR) is 55.1 cm³/mol. The summed E-state index contributed by atoms with van der Waals surface area (Å²) in [6.45, 7) is 6.13. The Morgan fingerprint density at radius 3 is 2.00 bits per heavy atom. The number of rotatable bonds is 2. The van der Waals surface area contributed by atoms with Crippen molar-refractivity contribution < 1.29 is 4.74 Å². The Labute approximate surface area is 79.7 Å². The summed E-state index contributed by atoms with van der Waals surface area (Å²) in [6.07, 6.45) is 0. The molecule has 0 aliphatic heterocycles. The Hall–Kier alpha value is -1.02. The molecule has 1 unspecified atom stereocenters. The van der Waals surface area contributed by atoms with Crippen molar-refractivity contribution in [1.29, 1.82) is 0 Å². The van der Waals surface area contributed by atoms with Crippen LogP contribution in [0.1, 0.15) is 29.7 Å². The molecule has 2 heteroatoms. The average molecular weight is 179 g/mol. The van der Waals surface area contributed by atoms with Gasteiger partial charge in [-0.1, -0.05) is 0 Å². The van der Waals surface area contributed by atoms with Crippen molar-refractivity contribution in [3.05, 3.63) is 28.8 Å². The summed E-state index contributed by atoms with van der Waals surface area (Å²) in [5.74, 6) is 0.902. The van der Waals surface area contributed by atoms with E-state index in [0.717, 1.165) is 5.75 Å². The lowest BCUT2D eigenvalue weighted by Crippen LogP contribution is -2.09. The normalized spacial score (nSPS) is 12.7. The number of hydrogen-bond donors (Lipinski definition) is 1. The summed E-state index contributed by atoms with van der Waals surface area (Å²) < 4.78 is 5.17. The molecule has 0 bridgehead atoms. The average Bonchev–Trinajstić information content (AvgIpc) is 2.02. The molecule has 0 amide bonds. The zero-order valence-electron chi connectivity index (χ0n) is 8.72. The van der Waals surface area contributed by atoms with Gasteiger partial charge in [0.05, 0.1) is 7.11 Å². The van der Waals surface area contributed by atoms with Crippen LogP contribution in [0.15, 0.2) is 12.1 Å². The second-order valence-electron chi connectivity index (χ2n) is 3.46. The summed E-state index contributed by atoms with van der Waals surface area (Å²) in [5.41, 5.74) is 9.49. The van der Waals surface area contributed by atoms with Crippen LogP contribution in [0.5, 0.6) is 5.75 Å². The van der Waals surface area contributed by atoms with Crippen LogP contribution in [-0.2, 0) is 0 Å². The minimum absolute atomic E-state index is 0.0888. The Kier molecular flexibility index (Phi) is 2.94. The lowest BCUT2D eigenvalue weighted by Gasteiger charge is -2.14. The van der Waals surface area contributed by atoms with Crippen LogP contribution in [-0.4, -0.2) is 7.11 Å². The molecule has 0 spiro atoms. The summed E-state index contributed by atoms with van der Waals surface area (Å²) >= 11 is 0. The van der Waals surface area contributed by atoms with E-state index >= 15 is 0 Å². The molecule has 0 saturated carbocycles. The van der Waals surface area contributed by atoms with E-state index < -0.39 is 0 Å². The number of methoxy groups -OCH3 is 1. The van der Waals surface area contributed by atoms with Crippen LogP contribution in [0.3, 0.4) is 0 Å². The minimum atomic E-state index is 0.0888. The molecule has 0 aromatic heterocycles. The fraction of sp³-hybridized carbons (Fsp3) is 0.455. The molecule has 13 heavy (non-hydrogen) atoms. The van der Waals surface area contributed by atoms with Gasteiger partial charge in [-0.3, -0.25) is 0 Å². The van der Waals surface area contributed by atoms with Gasteiger partial charge in [-0.15, -0.1) is 0 Å². The fourth-order valence-corrected chi connectivity index (χ4v) is 1.77. The van der Waals surface area contributed by atoms with Crippen molar-refractivity contribution >= 4 is 0 Å². The van der Waals surface area contributed by atoms with Gasteiger partial charge in [-0.05, 0) is 49.6 Å². The molecule has 72 valence electrons. The third-order valence-electron chi connectivity index (χ3n) is 2.26. The van der Waals surface area contributed by atoms with Crippen LogP contribution in [0.2, 0.25) is 0 Å². The number of hydrogen-bond acceptors (Lipinski definition) is 2. The number of nitrogens with two attached hydrogens (primary N) is 1. The summed E-state index contributed by atoms with van der Waals surface area (Å²) in [6, 6.07) is 4.13. The van der Waals surface area contributed by atoms with E-state index in [-0.39, 0.29) is 6.04 Å². The highest BCUT2D eigenvalue weighted by molar-refractivity contribution is 5.42. The number of benzene rings is 1. The third kappa shape index (κ3) is 2.01. The Balaban J connectivity index is 3.23. The van der Waals surface area contributed by atoms with E-state index in [4.69, 9.17) is 10.5 Å². The molecule has 1 aromatic carbocycles. The lowest BCUT2D eigenvalue weighted by atomic mass is 9.97. The largest absolute Gasteiger partial charge is 0.497 e. The molecule has 0 radical (unpaired) electrons. The Bertz CT molecular complexity index is 282. The molecule has 0 aliphatic rings. The zero-order valence-corrected chi connectivity index (χ0v) is 8.72. The number of aryl methyl sites for hydroxylation is 2. The van der Waals surface area contributed by atoms with Crippen molar-refractivity contribution in [1.82, 2.24) is 0 Å². The monoisotopic (exact) mass is 179 g/mol. The van der Waals surface area contributed by atoms with Gasteiger partial charge in [0.2, 0.25) is 0 Å². The van der Waals surface area contributed by atoms with E-state index in [1.807, 2.05) is 19.1 Å². The second-order valence-corrected chi connectivity index (χ2v) is 3.46. The molecular weight excluding hydrogens is 162 g/mol. The summed E-state index contributed by atoms with van der Waals surface area (Å²) in [5, 5.41) is 0. The Morgan fingerprint density at radius 2 is 1.69 bits per heavy atom. The molecule has 1 atom stereocenters. The highest BCUT2D eigenvalue weighted by Gasteiger charge is 2.08. The molecule has 2 N–H and O–H groups in total. The maximum atomic E-state index is 5.87. The van der Waals surface area contributed by atoms with Crippen LogP contribution in [0, 0.1) is 13.8 Å².